The summed E-state index contributed by atoms with van der Waals surface area (Å²) in [7, 11) is 0. The maximum Gasteiger partial charge on any atom is 0.272 e. The molecule has 0 saturated heterocycles. The monoisotopic (exact) mass is 139 g/mol. The SMILES string of the molecule is CC1=CC(CN)C(=O)N=N1. The average Bonchev–Trinajstić information content (AvgIpc) is 1.94. The van der Waals surface area contributed by atoms with E-state index in [4.69, 9.17) is 5.73 Å². The third kappa shape index (κ3) is 1.27. The molecular formula is C6H9N3O. The molecule has 2 N–H and O–H groups in total. The summed E-state index contributed by atoms with van der Waals surface area (Å²) in [6, 6.07) is 0. The van der Waals surface area contributed by atoms with Crippen LogP contribution in [0.25, 0.3) is 0 Å². The molecule has 0 fully saturated rings. The van der Waals surface area contributed by atoms with Crippen LogP contribution in [0.3, 0.4) is 0 Å². The second kappa shape index (κ2) is 2.70. The van der Waals surface area contributed by atoms with E-state index < -0.39 is 0 Å². The largest absolute Gasteiger partial charge is 0.329 e. The third-order valence-corrected chi connectivity index (χ3v) is 1.32. The van der Waals surface area contributed by atoms with Gasteiger partial charge in [-0.2, -0.15) is 5.11 Å². The van der Waals surface area contributed by atoms with E-state index in [1.54, 1.807) is 13.0 Å². The first-order chi connectivity index (χ1) is 4.74. The second-order valence-corrected chi connectivity index (χ2v) is 2.19. The molecule has 0 aromatic heterocycles. The number of rotatable bonds is 1. The van der Waals surface area contributed by atoms with Crippen molar-refractivity contribution in [1.82, 2.24) is 0 Å². The van der Waals surface area contributed by atoms with Gasteiger partial charge >= 0.3 is 0 Å². The zero-order valence-electron chi connectivity index (χ0n) is 5.74. The minimum absolute atomic E-state index is 0.242. The Morgan fingerprint density at radius 3 is 2.90 bits per heavy atom. The molecule has 1 rings (SSSR count). The summed E-state index contributed by atoms with van der Waals surface area (Å²) in [6.45, 7) is 2.10. The van der Waals surface area contributed by atoms with Crippen LogP contribution < -0.4 is 5.73 Å². The lowest BCUT2D eigenvalue weighted by molar-refractivity contribution is -0.120. The van der Waals surface area contributed by atoms with Gasteiger partial charge in [-0.05, 0) is 13.0 Å². The van der Waals surface area contributed by atoms with Gasteiger partial charge in [0.25, 0.3) is 5.91 Å². The van der Waals surface area contributed by atoms with E-state index in [2.05, 4.69) is 10.2 Å². The van der Waals surface area contributed by atoms with E-state index >= 15 is 0 Å². The van der Waals surface area contributed by atoms with Crippen LogP contribution >= 0.6 is 0 Å². The van der Waals surface area contributed by atoms with Crippen molar-refractivity contribution >= 4 is 5.91 Å². The highest BCUT2D eigenvalue weighted by molar-refractivity contribution is 5.81. The van der Waals surface area contributed by atoms with Crippen LogP contribution in [-0.2, 0) is 4.79 Å². The lowest BCUT2D eigenvalue weighted by Gasteiger charge is -2.07. The molecule has 0 aromatic carbocycles. The van der Waals surface area contributed by atoms with Crippen LogP contribution in [0, 0.1) is 5.92 Å². The van der Waals surface area contributed by atoms with Crippen molar-refractivity contribution in [3.05, 3.63) is 11.8 Å². The van der Waals surface area contributed by atoms with Crippen LogP contribution in [0.15, 0.2) is 22.0 Å². The van der Waals surface area contributed by atoms with Crippen LogP contribution in [-0.4, -0.2) is 12.5 Å². The van der Waals surface area contributed by atoms with E-state index in [-0.39, 0.29) is 11.8 Å². The Morgan fingerprint density at radius 1 is 1.70 bits per heavy atom. The summed E-state index contributed by atoms with van der Waals surface area (Å²) in [5.41, 5.74) is 6.05. The zero-order chi connectivity index (χ0) is 7.56. The standard InChI is InChI=1S/C6H9N3O/c1-4-2-5(3-7)6(10)9-8-4/h2,5H,3,7H2,1H3. The van der Waals surface area contributed by atoms with Crippen molar-refractivity contribution in [3.8, 4) is 0 Å². The first-order valence-corrected chi connectivity index (χ1v) is 3.08. The Bertz CT molecular complexity index is 207. The number of carbonyl (C=O) groups excluding carboxylic acids is 1. The molecule has 4 nitrogen and oxygen atoms in total. The van der Waals surface area contributed by atoms with Crippen molar-refractivity contribution in [1.29, 1.82) is 0 Å². The molecule has 0 spiro atoms. The summed E-state index contributed by atoms with van der Waals surface area (Å²) < 4.78 is 0. The van der Waals surface area contributed by atoms with Gasteiger partial charge in [-0.25, -0.2) is 0 Å². The fourth-order valence-corrected chi connectivity index (χ4v) is 0.767. The number of nitrogens with zero attached hydrogens (tertiary/aromatic N) is 2. The molecule has 0 aromatic rings. The van der Waals surface area contributed by atoms with Gasteiger partial charge < -0.3 is 5.73 Å². The van der Waals surface area contributed by atoms with E-state index in [1.165, 1.54) is 0 Å². The number of allylic oxidation sites excluding steroid dienone is 1. The maximum absolute atomic E-state index is 10.8. The highest BCUT2D eigenvalue weighted by Gasteiger charge is 2.16. The van der Waals surface area contributed by atoms with Gasteiger partial charge in [-0.15, -0.1) is 5.11 Å². The molecule has 1 unspecified atom stereocenters. The van der Waals surface area contributed by atoms with Gasteiger partial charge in [0.1, 0.15) is 0 Å². The predicted molar refractivity (Wildman–Crippen MR) is 36.2 cm³/mol. The molecule has 0 aliphatic carbocycles. The Balaban J connectivity index is 2.76. The number of hydrogen-bond acceptors (Lipinski definition) is 3. The predicted octanol–water partition coefficient (Wildman–Crippen LogP) is 0.457. The normalized spacial score (nSPS) is 24.8. The van der Waals surface area contributed by atoms with Crippen molar-refractivity contribution in [2.24, 2.45) is 21.9 Å². The fourth-order valence-electron chi connectivity index (χ4n) is 0.767. The van der Waals surface area contributed by atoms with Crippen molar-refractivity contribution in [3.63, 3.8) is 0 Å². The van der Waals surface area contributed by atoms with Crippen molar-refractivity contribution in [2.75, 3.05) is 6.54 Å². The molecule has 0 bridgehead atoms. The highest BCUT2D eigenvalue weighted by atomic mass is 16.2. The number of azo groups is 1. The smallest absolute Gasteiger partial charge is 0.272 e. The Morgan fingerprint density at radius 2 is 2.40 bits per heavy atom. The quantitative estimate of drug-likeness (QED) is 0.573. The van der Waals surface area contributed by atoms with Gasteiger partial charge in [0.2, 0.25) is 0 Å². The molecule has 4 heteroatoms. The lowest BCUT2D eigenvalue weighted by atomic mass is 10.1. The molecule has 1 heterocycles. The molecule has 10 heavy (non-hydrogen) atoms. The molecule has 1 atom stereocenters. The van der Waals surface area contributed by atoms with Gasteiger partial charge in [-0.3, -0.25) is 4.79 Å². The highest BCUT2D eigenvalue weighted by Crippen LogP contribution is 2.11. The van der Waals surface area contributed by atoms with Crippen LogP contribution in [0.2, 0.25) is 0 Å². The maximum atomic E-state index is 10.8. The summed E-state index contributed by atoms with van der Waals surface area (Å²) >= 11 is 0. The summed E-state index contributed by atoms with van der Waals surface area (Å²) in [4.78, 5) is 10.8. The molecule has 1 aliphatic rings. The van der Waals surface area contributed by atoms with E-state index in [0.717, 1.165) is 5.70 Å². The minimum Gasteiger partial charge on any atom is -0.329 e. The molecule has 0 radical (unpaired) electrons. The van der Waals surface area contributed by atoms with Crippen molar-refractivity contribution in [2.45, 2.75) is 6.92 Å². The number of hydrogen-bond donors (Lipinski definition) is 1. The van der Waals surface area contributed by atoms with Crippen LogP contribution in [0.4, 0.5) is 0 Å². The average molecular weight is 139 g/mol. The minimum atomic E-state index is -0.252. The molecule has 1 aliphatic heterocycles. The second-order valence-electron chi connectivity index (χ2n) is 2.19. The first-order valence-electron chi connectivity index (χ1n) is 3.08. The summed E-state index contributed by atoms with van der Waals surface area (Å²) in [5, 5.41) is 6.99. The first kappa shape index (κ1) is 7.08. The third-order valence-electron chi connectivity index (χ3n) is 1.32. The Kier molecular flexibility index (Phi) is 1.91. The van der Waals surface area contributed by atoms with E-state index in [0.29, 0.717) is 6.54 Å². The van der Waals surface area contributed by atoms with Crippen LogP contribution in [0.1, 0.15) is 6.92 Å². The van der Waals surface area contributed by atoms with Gasteiger partial charge in [0.15, 0.2) is 0 Å². The Hall–Kier alpha value is -1.03. The molecular weight excluding hydrogens is 130 g/mol. The molecule has 0 saturated carbocycles. The summed E-state index contributed by atoms with van der Waals surface area (Å²) in [5.74, 6) is -0.495. The summed E-state index contributed by atoms with van der Waals surface area (Å²) in [6.07, 6.45) is 1.73. The van der Waals surface area contributed by atoms with E-state index in [1.807, 2.05) is 0 Å². The molecule has 54 valence electrons. The zero-order valence-corrected chi connectivity index (χ0v) is 5.74. The Labute approximate surface area is 58.8 Å². The van der Waals surface area contributed by atoms with Crippen LogP contribution in [0.5, 0.6) is 0 Å². The lowest BCUT2D eigenvalue weighted by Crippen LogP contribution is -2.21. The van der Waals surface area contributed by atoms with Crippen molar-refractivity contribution < 1.29 is 4.79 Å². The van der Waals surface area contributed by atoms with Gasteiger partial charge in [0.05, 0.1) is 11.6 Å². The van der Waals surface area contributed by atoms with Gasteiger partial charge in [0, 0.05) is 6.54 Å². The fraction of sp³-hybridized carbons (Fsp3) is 0.500. The van der Waals surface area contributed by atoms with E-state index in [9.17, 15) is 4.79 Å². The number of nitrogens with two attached hydrogens (primary N) is 1. The molecule has 1 amide bonds. The number of amides is 1. The van der Waals surface area contributed by atoms with Gasteiger partial charge in [-0.1, -0.05) is 0 Å². The number of carbonyl (C=O) groups is 1. The topological polar surface area (TPSA) is 67.8 Å².